The minimum Gasteiger partial charge on any atom is -0.478 e. The minimum atomic E-state index is -1.05. The summed E-state index contributed by atoms with van der Waals surface area (Å²) in [6.45, 7) is 0. The fourth-order valence-electron chi connectivity index (χ4n) is 1.75. The van der Waals surface area contributed by atoms with Gasteiger partial charge in [-0.15, -0.1) is 0 Å². The summed E-state index contributed by atoms with van der Waals surface area (Å²) in [5.41, 5.74) is 0.726. The maximum atomic E-state index is 11.3. The molecule has 0 aromatic heterocycles. The topological polar surface area (TPSA) is 46.5 Å². The zero-order valence-corrected chi connectivity index (χ0v) is 11.9. The Morgan fingerprint density at radius 2 is 1.90 bits per heavy atom. The van der Waals surface area contributed by atoms with Gasteiger partial charge < -0.3 is 9.84 Å². The van der Waals surface area contributed by atoms with Crippen LogP contribution >= 0.6 is 23.2 Å². The minimum absolute atomic E-state index is 0.182. The summed E-state index contributed by atoms with van der Waals surface area (Å²) in [6, 6.07) is 13.7. The van der Waals surface area contributed by atoms with Crippen molar-refractivity contribution in [2.75, 3.05) is 0 Å². The first-order valence-corrected chi connectivity index (χ1v) is 6.70. The summed E-state index contributed by atoms with van der Waals surface area (Å²) in [6.07, 6.45) is -0.838. The number of carbonyl (C=O) groups is 1. The standard InChI is InChI=1S/C15H12Cl2O3/c16-11-5-3-6-12(9-11)20-14(15(18)19)8-10-4-1-2-7-13(10)17/h1-7,9,14H,8H2,(H,18,19). The maximum absolute atomic E-state index is 11.3. The second-order valence-corrected chi connectivity index (χ2v) is 5.04. The van der Waals surface area contributed by atoms with Crippen LogP contribution in [0.5, 0.6) is 5.75 Å². The van der Waals surface area contributed by atoms with Crippen molar-refractivity contribution in [3.8, 4) is 5.75 Å². The third-order valence-electron chi connectivity index (χ3n) is 2.71. The Morgan fingerprint density at radius 3 is 2.55 bits per heavy atom. The zero-order chi connectivity index (χ0) is 14.5. The number of benzene rings is 2. The van der Waals surface area contributed by atoms with Crippen molar-refractivity contribution in [1.82, 2.24) is 0 Å². The first-order valence-electron chi connectivity index (χ1n) is 5.94. The Kier molecular flexibility index (Phi) is 4.88. The van der Waals surface area contributed by atoms with Gasteiger partial charge in [0.1, 0.15) is 5.75 Å². The monoisotopic (exact) mass is 310 g/mol. The molecule has 0 heterocycles. The molecule has 0 saturated heterocycles. The van der Waals surface area contributed by atoms with E-state index in [0.29, 0.717) is 15.8 Å². The molecule has 1 unspecified atom stereocenters. The molecule has 0 aliphatic carbocycles. The highest BCUT2D eigenvalue weighted by Gasteiger charge is 2.21. The van der Waals surface area contributed by atoms with Crippen LogP contribution in [-0.2, 0) is 11.2 Å². The molecule has 20 heavy (non-hydrogen) atoms. The van der Waals surface area contributed by atoms with E-state index in [9.17, 15) is 9.90 Å². The number of ether oxygens (including phenoxy) is 1. The van der Waals surface area contributed by atoms with Crippen LogP contribution in [0.15, 0.2) is 48.5 Å². The quantitative estimate of drug-likeness (QED) is 0.905. The smallest absolute Gasteiger partial charge is 0.345 e. The molecule has 3 nitrogen and oxygen atoms in total. The molecule has 0 aliphatic heterocycles. The molecule has 1 atom stereocenters. The predicted octanol–water partition coefficient (Wildman–Crippen LogP) is 4.07. The summed E-state index contributed by atoms with van der Waals surface area (Å²) in [4.78, 5) is 11.3. The fraction of sp³-hybridized carbons (Fsp3) is 0.133. The van der Waals surface area contributed by atoms with Gasteiger partial charge in [-0.1, -0.05) is 47.5 Å². The SMILES string of the molecule is O=C(O)C(Cc1ccccc1Cl)Oc1cccc(Cl)c1. The van der Waals surface area contributed by atoms with Gasteiger partial charge in [0.05, 0.1) is 0 Å². The van der Waals surface area contributed by atoms with Crippen molar-refractivity contribution < 1.29 is 14.6 Å². The van der Waals surface area contributed by atoms with Crippen LogP contribution in [0, 0.1) is 0 Å². The van der Waals surface area contributed by atoms with Gasteiger partial charge in [0.15, 0.2) is 6.10 Å². The van der Waals surface area contributed by atoms with Gasteiger partial charge in [-0.3, -0.25) is 0 Å². The molecule has 0 amide bonds. The van der Waals surface area contributed by atoms with E-state index in [1.165, 1.54) is 0 Å². The van der Waals surface area contributed by atoms with Crippen LogP contribution in [0.4, 0.5) is 0 Å². The van der Waals surface area contributed by atoms with Gasteiger partial charge in [0, 0.05) is 16.5 Å². The normalized spacial score (nSPS) is 11.9. The largest absolute Gasteiger partial charge is 0.478 e. The summed E-state index contributed by atoms with van der Waals surface area (Å²) in [5, 5.41) is 10.3. The molecule has 2 aromatic rings. The van der Waals surface area contributed by atoms with Crippen LogP contribution in [0.25, 0.3) is 0 Å². The van der Waals surface area contributed by atoms with Gasteiger partial charge in [-0.25, -0.2) is 4.79 Å². The molecular weight excluding hydrogens is 299 g/mol. The van der Waals surface area contributed by atoms with Crippen molar-refractivity contribution in [3.63, 3.8) is 0 Å². The van der Waals surface area contributed by atoms with Crippen molar-refractivity contribution >= 4 is 29.2 Å². The van der Waals surface area contributed by atoms with Crippen LogP contribution in [0.2, 0.25) is 10.0 Å². The molecule has 0 bridgehead atoms. The van der Waals surface area contributed by atoms with Crippen molar-refractivity contribution in [2.45, 2.75) is 12.5 Å². The average molecular weight is 311 g/mol. The highest BCUT2D eigenvalue weighted by molar-refractivity contribution is 6.31. The lowest BCUT2D eigenvalue weighted by Crippen LogP contribution is -2.29. The van der Waals surface area contributed by atoms with Crippen molar-refractivity contribution in [3.05, 3.63) is 64.1 Å². The number of hydrogen-bond acceptors (Lipinski definition) is 2. The molecule has 0 saturated carbocycles. The molecular formula is C15H12Cl2O3. The van der Waals surface area contributed by atoms with E-state index in [0.717, 1.165) is 5.56 Å². The summed E-state index contributed by atoms with van der Waals surface area (Å²) < 4.78 is 5.47. The molecule has 2 aromatic carbocycles. The van der Waals surface area contributed by atoms with Crippen LogP contribution in [0.1, 0.15) is 5.56 Å². The number of carboxylic acids is 1. The Labute approximate surface area is 126 Å². The highest BCUT2D eigenvalue weighted by atomic mass is 35.5. The van der Waals surface area contributed by atoms with E-state index in [4.69, 9.17) is 27.9 Å². The number of rotatable bonds is 5. The number of halogens is 2. The second-order valence-electron chi connectivity index (χ2n) is 4.20. The van der Waals surface area contributed by atoms with Crippen LogP contribution < -0.4 is 4.74 Å². The molecule has 0 fully saturated rings. The fourth-order valence-corrected chi connectivity index (χ4v) is 2.14. The highest BCUT2D eigenvalue weighted by Crippen LogP contribution is 2.22. The summed E-state index contributed by atoms with van der Waals surface area (Å²) in [7, 11) is 0. The van der Waals surface area contributed by atoms with Gasteiger partial charge in [-0.05, 0) is 29.8 Å². The van der Waals surface area contributed by atoms with E-state index < -0.39 is 12.1 Å². The number of aliphatic carboxylic acids is 1. The van der Waals surface area contributed by atoms with E-state index in [2.05, 4.69) is 0 Å². The van der Waals surface area contributed by atoms with E-state index in [1.807, 2.05) is 0 Å². The van der Waals surface area contributed by atoms with Crippen molar-refractivity contribution in [1.29, 1.82) is 0 Å². The second kappa shape index (κ2) is 6.64. The summed E-state index contributed by atoms with van der Waals surface area (Å²) >= 11 is 11.9. The lowest BCUT2D eigenvalue weighted by atomic mass is 10.1. The van der Waals surface area contributed by atoms with Gasteiger partial charge >= 0.3 is 5.97 Å². The lowest BCUT2D eigenvalue weighted by Gasteiger charge is -2.16. The van der Waals surface area contributed by atoms with Crippen LogP contribution in [-0.4, -0.2) is 17.2 Å². The molecule has 1 N–H and O–H groups in total. The Hall–Kier alpha value is -1.71. The van der Waals surface area contributed by atoms with Gasteiger partial charge in [0.2, 0.25) is 0 Å². The lowest BCUT2D eigenvalue weighted by molar-refractivity contribution is -0.145. The summed E-state index contributed by atoms with van der Waals surface area (Å²) in [5.74, 6) is -0.637. The van der Waals surface area contributed by atoms with Crippen LogP contribution in [0.3, 0.4) is 0 Å². The third-order valence-corrected chi connectivity index (χ3v) is 3.32. The average Bonchev–Trinajstić information content (AvgIpc) is 2.40. The first kappa shape index (κ1) is 14.7. The molecule has 0 radical (unpaired) electrons. The molecule has 5 heteroatoms. The molecule has 104 valence electrons. The van der Waals surface area contributed by atoms with E-state index in [1.54, 1.807) is 48.5 Å². The molecule has 0 spiro atoms. The van der Waals surface area contributed by atoms with Crippen molar-refractivity contribution in [2.24, 2.45) is 0 Å². The maximum Gasteiger partial charge on any atom is 0.345 e. The number of hydrogen-bond donors (Lipinski definition) is 1. The Morgan fingerprint density at radius 1 is 1.15 bits per heavy atom. The Balaban J connectivity index is 2.16. The van der Waals surface area contributed by atoms with E-state index >= 15 is 0 Å². The Bertz CT molecular complexity index is 614. The predicted molar refractivity (Wildman–Crippen MR) is 78.7 cm³/mol. The van der Waals surface area contributed by atoms with E-state index in [-0.39, 0.29) is 6.42 Å². The van der Waals surface area contributed by atoms with Gasteiger partial charge in [0.25, 0.3) is 0 Å². The third kappa shape index (κ3) is 3.89. The zero-order valence-electron chi connectivity index (χ0n) is 10.4. The molecule has 0 aliphatic rings. The first-order chi connectivity index (χ1) is 9.56. The van der Waals surface area contributed by atoms with Gasteiger partial charge in [-0.2, -0.15) is 0 Å². The molecule has 2 rings (SSSR count). The number of carboxylic acid groups (broad SMARTS) is 1.